The third-order valence-corrected chi connectivity index (χ3v) is 4.74. The number of aromatic hydroxyl groups is 2. The van der Waals surface area contributed by atoms with Crippen molar-refractivity contribution in [2.24, 2.45) is 0 Å². The molecule has 0 saturated heterocycles. The van der Waals surface area contributed by atoms with Crippen LogP contribution in [0.15, 0.2) is 95.4 Å². The molecule has 0 spiro atoms. The first-order valence-electron chi connectivity index (χ1n) is 9.73. The third-order valence-electron chi connectivity index (χ3n) is 4.74. The molecule has 1 heterocycles. The summed E-state index contributed by atoms with van der Waals surface area (Å²) in [5.41, 5.74) is 4.09. The number of phenols is 2. The lowest BCUT2D eigenvalue weighted by Gasteiger charge is -2.29. The molecule has 0 radical (unpaired) electrons. The lowest BCUT2D eigenvalue weighted by atomic mass is 10.0. The first kappa shape index (κ1) is 21.2. The number of nitrogens with zero attached hydrogens (tertiary/aromatic N) is 3. The predicted molar refractivity (Wildman–Crippen MR) is 121 cm³/mol. The van der Waals surface area contributed by atoms with E-state index in [-0.39, 0.29) is 17.1 Å². The summed E-state index contributed by atoms with van der Waals surface area (Å²) in [6, 6.07) is 17.6. The van der Waals surface area contributed by atoms with Crippen molar-refractivity contribution in [3.05, 3.63) is 107 Å². The summed E-state index contributed by atoms with van der Waals surface area (Å²) in [6.07, 6.45) is 11.3. The van der Waals surface area contributed by atoms with E-state index in [9.17, 15) is 20.7 Å². The van der Waals surface area contributed by atoms with Crippen molar-refractivity contribution in [2.75, 3.05) is 6.54 Å². The molecule has 1 aliphatic heterocycles. The molecule has 0 unspecified atom stereocenters. The molecule has 0 saturated carbocycles. The maximum atomic E-state index is 9.47. The molecule has 0 atom stereocenters. The van der Waals surface area contributed by atoms with Crippen LogP contribution >= 0.6 is 0 Å². The maximum Gasteiger partial charge on any atom is 0.137 e. The van der Waals surface area contributed by atoms with Crippen molar-refractivity contribution in [3.63, 3.8) is 0 Å². The van der Waals surface area contributed by atoms with Gasteiger partial charge in [-0.2, -0.15) is 10.5 Å². The molecule has 2 aromatic rings. The highest BCUT2D eigenvalue weighted by atomic mass is 16.3. The van der Waals surface area contributed by atoms with Gasteiger partial charge in [-0.25, -0.2) is 0 Å². The average molecular weight is 407 g/mol. The molecule has 0 fully saturated rings. The van der Waals surface area contributed by atoms with Crippen LogP contribution in [0.1, 0.15) is 18.1 Å². The molecule has 1 aliphatic rings. The minimum atomic E-state index is 0.0434. The first-order valence-corrected chi connectivity index (χ1v) is 9.73. The van der Waals surface area contributed by atoms with Crippen LogP contribution in [0, 0.1) is 22.7 Å². The van der Waals surface area contributed by atoms with Crippen molar-refractivity contribution >= 4 is 12.2 Å². The molecule has 2 N–H and O–H groups in total. The van der Waals surface area contributed by atoms with Crippen LogP contribution < -0.4 is 0 Å². The van der Waals surface area contributed by atoms with Gasteiger partial charge in [0.05, 0.1) is 0 Å². The summed E-state index contributed by atoms with van der Waals surface area (Å²) in [4.78, 5) is 2.07. The number of rotatable bonds is 5. The van der Waals surface area contributed by atoms with E-state index in [4.69, 9.17) is 0 Å². The molecule has 5 heteroatoms. The van der Waals surface area contributed by atoms with Crippen LogP contribution in [0.5, 0.6) is 11.5 Å². The quantitative estimate of drug-likeness (QED) is 0.659. The normalized spacial score (nSPS) is 13.6. The van der Waals surface area contributed by atoms with Crippen LogP contribution in [0.25, 0.3) is 12.2 Å². The second-order valence-electron chi connectivity index (χ2n) is 6.79. The minimum Gasteiger partial charge on any atom is -0.508 e. The zero-order chi connectivity index (χ0) is 22.2. The highest BCUT2D eigenvalue weighted by Crippen LogP contribution is 2.28. The second-order valence-corrected chi connectivity index (χ2v) is 6.79. The molecule has 2 aromatic carbocycles. The highest BCUT2D eigenvalue weighted by molar-refractivity contribution is 5.62. The smallest absolute Gasteiger partial charge is 0.137 e. The molecule has 0 aliphatic carbocycles. The van der Waals surface area contributed by atoms with Gasteiger partial charge in [-0.05, 0) is 66.6 Å². The lowest BCUT2D eigenvalue weighted by molar-refractivity contribution is 0.474. The Bertz CT molecular complexity index is 1090. The fourth-order valence-corrected chi connectivity index (χ4v) is 3.14. The largest absolute Gasteiger partial charge is 0.508 e. The van der Waals surface area contributed by atoms with Crippen LogP contribution in [0.2, 0.25) is 0 Å². The monoisotopic (exact) mass is 407 g/mol. The van der Waals surface area contributed by atoms with E-state index in [1.54, 1.807) is 48.5 Å². The standard InChI is InChI=1S/C26H21N3O2/c1-2-29-23(9-3-19-5-11-25(30)12-6-19)15-21(22(17-27)18-28)16-24(29)10-4-20-7-13-26(31)14-8-20/h3-16,30-31H,2H2,1H3/b9-3+,10-4+. The van der Waals surface area contributed by atoms with E-state index in [1.165, 1.54) is 0 Å². The number of phenolic OH excluding ortho intramolecular Hbond substituents is 2. The fourth-order valence-electron chi connectivity index (χ4n) is 3.14. The van der Waals surface area contributed by atoms with E-state index in [0.717, 1.165) is 22.5 Å². The van der Waals surface area contributed by atoms with E-state index in [0.29, 0.717) is 12.1 Å². The Balaban J connectivity index is 2.00. The molecular formula is C26H21N3O2. The minimum absolute atomic E-state index is 0.0434. The Morgan fingerprint density at radius 1 is 0.774 bits per heavy atom. The Hall–Kier alpha value is -4.48. The molecule has 3 rings (SSSR count). The number of nitriles is 2. The zero-order valence-electron chi connectivity index (χ0n) is 17.0. The van der Waals surface area contributed by atoms with Gasteiger partial charge in [-0.3, -0.25) is 0 Å². The van der Waals surface area contributed by atoms with E-state index in [1.807, 2.05) is 55.5 Å². The Kier molecular flexibility index (Phi) is 6.73. The van der Waals surface area contributed by atoms with Crippen LogP contribution in [-0.2, 0) is 0 Å². The molecule has 31 heavy (non-hydrogen) atoms. The van der Waals surface area contributed by atoms with Crippen LogP contribution in [0.4, 0.5) is 0 Å². The van der Waals surface area contributed by atoms with Crippen LogP contribution in [-0.4, -0.2) is 21.7 Å². The van der Waals surface area contributed by atoms with Gasteiger partial charge in [0.15, 0.2) is 0 Å². The molecule has 152 valence electrons. The van der Waals surface area contributed by atoms with Gasteiger partial charge in [-0.15, -0.1) is 0 Å². The number of allylic oxidation sites excluding steroid dienone is 6. The third kappa shape index (κ3) is 5.32. The average Bonchev–Trinajstić information content (AvgIpc) is 2.79. The van der Waals surface area contributed by atoms with Crippen molar-refractivity contribution in [1.29, 1.82) is 10.5 Å². The molecule has 5 nitrogen and oxygen atoms in total. The number of likely N-dealkylation sites (N-methyl/N-ethyl adjacent to an activating group) is 1. The number of benzene rings is 2. The van der Waals surface area contributed by atoms with Gasteiger partial charge in [0.1, 0.15) is 29.2 Å². The Morgan fingerprint density at radius 2 is 1.19 bits per heavy atom. The van der Waals surface area contributed by atoms with E-state index < -0.39 is 0 Å². The Morgan fingerprint density at radius 3 is 1.55 bits per heavy atom. The summed E-state index contributed by atoms with van der Waals surface area (Å²) in [6.45, 7) is 2.70. The SMILES string of the molecule is CCN1C(/C=C/c2ccc(O)cc2)=CC(=C(C#N)C#N)C=C1/C=C/c1ccc(O)cc1. The number of hydrogen-bond donors (Lipinski definition) is 2. The highest BCUT2D eigenvalue weighted by Gasteiger charge is 2.17. The van der Waals surface area contributed by atoms with Gasteiger partial charge in [0.25, 0.3) is 0 Å². The van der Waals surface area contributed by atoms with E-state index >= 15 is 0 Å². The van der Waals surface area contributed by atoms with Crippen molar-refractivity contribution < 1.29 is 10.2 Å². The van der Waals surface area contributed by atoms with Gasteiger partial charge in [-0.1, -0.05) is 36.4 Å². The summed E-state index contributed by atoms with van der Waals surface area (Å²) in [5.74, 6) is 0.401. The van der Waals surface area contributed by atoms with Gasteiger partial charge in [0.2, 0.25) is 0 Å². The topological polar surface area (TPSA) is 91.3 Å². The van der Waals surface area contributed by atoms with Crippen molar-refractivity contribution in [1.82, 2.24) is 4.90 Å². The van der Waals surface area contributed by atoms with E-state index in [2.05, 4.69) is 4.90 Å². The molecule has 0 bridgehead atoms. The lowest BCUT2D eigenvalue weighted by Crippen LogP contribution is -2.23. The molecule has 0 aromatic heterocycles. The summed E-state index contributed by atoms with van der Waals surface area (Å²) in [7, 11) is 0. The second kappa shape index (κ2) is 9.82. The number of hydrogen-bond acceptors (Lipinski definition) is 5. The fraction of sp³-hybridized carbons (Fsp3) is 0.0769. The molecular weight excluding hydrogens is 386 g/mol. The first-order chi connectivity index (χ1) is 15.0. The Labute approximate surface area is 181 Å². The van der Waals surface area contributed by atoms with Crippen molar-refractivity contribution in [2.45, 2.75) is 6.92 Å². The van der Waals surface area contributed by atoms with Gasteiger partial charge in [0, 0.05) is 23.5 Å². The zero-order valence-corrected chi connectivity index (χ0v) is 17.0. The van der Waals surface area contributed by atoms with Gasteiger partial charge >= 0.3 is 0 Å². The molecule has 0 amide bonds. The summed E-state index contributed by atoms with van der Waals surface area (Å²) in [5, 5.41) is 37.6. The summed E-state index contributed by atoms with van der Waals surface area (Å²) < 4.78 is 0. The predicted octanol–water partition coefficient (Wildman–Crippen LogP) is 5.27. The van der Waals surface area contributed by atoms with Crippen LogP contribution in [0.3, 0.4) is 0 Å². The van der Waals surface area contributed by atoms with Gasteiger partial charge < -0.3 is 15.1 Å². The van der Waals surface area contributed by atoms with Crippen molar-refractivity contribution in [3.8, 4) is 23.6 Å². The summed E-state index contributed by atoms with van der Waals surface area (Å²) >= 11 is 0. The maximum absolute atomic E-state index is 9.47.